The Labute approximate surface area is 122 Å². The fraction of sp³-hybridized carbons (Fsp3) is 0.125. The first-order valence-electron chi connectivity index (χ1n) is 6.43. The van der Waals surface area contributed by atoms with Crippen LogP contribution in [0.1, 0.15) is 16.0 Å². The smallest absolute Gasteiger partial charge is 0.147 e. The average molecular weight is 281 g/mol. The van der Waals surface area contributed by atoms with Crippen LogP contribution in [0.15, 0.2) is 46.9 Å². The van der Waals surface area contributed by atoms with Crippen LogP contribution >= 0.6 is 11.3 Å². The molecule has 0 aliphatic heterocycles. The molecule has 0 amide bonds. The van der Waals surface area contributed by atoms with E-state index < -0.39 is 0 Å². The maximum absolute atomic E-state index is 4.56. The van der Waals surface area contributed by atoms with Crippen LogP contribution in [0.2, 0.25) is 0 Å². The predicted molar refractivity (Wildman–Crippen MR) is 86.8 cm³/mol. The second kappa shape index (κ2) is 5.43. The van der Waals surface area contributed by atoms with E-state index in [1.54, 1.807) is 11.3 Å². The number of aromatic nitrogens is 1. The number of hydrogen-bond acceptors (Lipinski definition) is 4. The Morgan fingerprint density at radius 1 is 1.15 bits per heavy atom. The topological polar surface area (TPSA) is 37.3 Å². The molecule has 0 atom stereocenters. The number of nitrogens with one attached hydrogen (secondary N) is 1. The number of pyridine rings is 1. The summed E-state index contributed by atoms with van der Waals surface area (Å²) in [6.07, 6.45) is 1.84. The minimum Gasteiger partial charge on any atom is -0.261 e. The molecule has 3 nitrogen and oxygen atoms in total. The molecule has 0 aliphatic rings. The lowest BCUT2D eigenvalue weighted by molar-refractivity contribution is 1.25. The zero-order valence-corrected chi connectivity index (χ0v) is 12.2. The molecule has 1 aromatic carbocycles. The van der Waals surface area contributed by atoms with Crippen LogP contribution in [0.4, 0.5) is 5.82 Å². The van der Waals surface area contributed by atoms with Crippen molar-refractivity contribution in [2.75, 3.05) is 5.43 Å². The lowest BCUT2D eigenvalue weighted by atomic mass is 10.1. The largest absolute Gasteiger partial charge is 0.261 e. The molecule has 20 heavy (non-hydrogen) atoms. The van der Waals surface area contributed by atoms with Gasteiger partial charge >= 0.3 is 0 Å². The highest BCUT2D eigenvalue weighted by Gasteiger charge is 2.01. The summed E-state index contributed by atoms with van der Waals surface area (Å²) in [5, 5.41) is 7.51. The molecule has 100 valence electrons. The summed E-state index contributed by atoms with van der Waals surface area (Å²) in [4.78, 5) is 5.72. The van der Waals surface area contributed by atoms with Gasteiger partial charge in [0.25, 0.3) is 0 Å². The van der Waals surface area contributed by atoms with Crippen LogP contribution in [0.3, 0.4) is 0 Å². The van der Waals surface area contributed by atoms with E-state index in [0.29, 0.717) is 0 Å². The van der Waals surface area contributed by atoms with Gasteiger partial charge in [0.05, 0.1) is 11.7 Å². The lowest BCUT2D eigenvalue weighted by Crippen LogP contribution is -1.95. The molecule has 4 heteroatoms. The van der Waals surface area contributed by atoms with Crippen molar-refractivity contribution in [1.29, 1.82) is 0 Å². The third kappa shape index (κ3) is 2.56. The molecule has 2 aromatic heterocycles. The van der Waals surface area contributed by atoms with Crippen molar-refractivity contribution in [1.82, 2.24) is 4.98 Å². The van der Waals surface area contributed by atoms with Gasteiger partial charge in [-0.1, -0.05) is 18.2 Å². The molecule has 0 radical (unpaired) electrons. The van der Waals surface area contributed by atoms with E-state index in [9.17, 15) is 0 Å². The van der Waals surface area contributed by atoms with Crippen LogP contribution in [0.25, 0.3) is 10.9 Å². The SMILES string of the molecule is Cc1ccsc1/C=N\Nc1cc(C)c2ccccc2n1. The third-order valence-corrected chi connectivity index (χ3v) is 4.14. The highest BCUT2D eigenvalue weighted by Crippen LogP contribution is 2.19. The van der Waals surface area contributed by atoms with Gasteiger partial charge in [-0.3, -0.25) is 5.43 Å². The van der Waals surface area contributed by atoms with Gasteiger partial charge in [-0.2, -0.15) is 5.10 Å². The minimum absolute atomic E-state index is 0.770. The third-order valence-electron chi connectivity index (χ3n) is 3.19. The number of fused-ring (bicyclic) bond motifs is 1. The lowest BCUT2D eigenvalue weighted by Gasteiger charge is -2.05. The van der Waals surface area contributed by atoms with Crippen LogP contribution < -0.4 is 5.43 Å². The van der Waals surface area contributed by atoms with E-state index >= 15 is 0 Å². The van der Waals surface area contributed by atoms with Crippen LogP contribution in [0, 0.1) is 13.8 Å². The van der Waals surface area contributed by atoms with Crippen molar-refractivity contribution in [3.05, 3.63) is 57.8 Å². The molecule has 0 bridgehead atoms. The second-order valence-electron chi connectivity index (χ2n) is 4.68. The predicted octanol–water partition coefficient (Wildman–Crippen LogP) is 4.36. The monoisotopic (exact) mass is 281 g/mol. The number of benzene rings is 1. The number of thiophene rings is 1. The molecule has 0 unspecified atom stereocenters. The summed E-state index contributed by atoms with van der Waals surface area (Å²) in [6.45, 7) is 4.17. The number of hydrazone groups is 1. The Bertz CT molecular complexity index is 774. The van der Waals surface area contributed by atoms with Gasteiger partial charge in [0.1, 0.15) is 5.82 Å². The summed E-state index contributed by atoms with van der Waals surface area (Å²) >= 11 is 1.68. The van der Waals surface area contributed by atoms with E-state index in [0.717, 1.165) is 16.2 Å². The fourth-order valence-corrected chi connectivity index (χ4v) is 2.87. The van der Waals surface area contributed by atoms with E-state index in [1.807, 2.05) is 30.5 Å². The van der Waals surface area contributed by atoms with Gasteiger partial charge in [0.2, 0.25) is 0 Å². The number of nitrogens with zero attached hydrogens (tertiary/aromatic N) is 2. The molecule has 0 spiro atoms. The maximum Gasteiger partial charge on any atom is 0.147 e. The van der Waals surface area contributed by atoms with Crippen molar-refractivity contribution in [3.63, 3.8) is 0 Å². The van der Waals surface area contributed by atoms with Gasteiger partial charge in [-0.05, 0) is 48.6 Å². The molecule has 3 aromatic rings. The van der Waals surface area contributed by atoms with E-state index in [2.05, 4.69) is 46.9 Å². The van der Waals surface area contributed by atoms with Gasteiger partial charge in [-0.25, -0.2) is 4.98 Å². The summed E-state index contributed by atoms with van der Waals surface area (Å²) in [5.74, 6) is 0.770. The molecule has 0 saturated heterocycles. The van der Waals surface area contributed by atoms with Crippen molar-refractivity contribution in [2.24, 2.45) is 5.10 Å². The Hall–Kier alpha value is -2.20. The summed E-state index contributed by atoms with van der Waals surface area (Å²) in [5.41, 5.74) is 6.43. The Balaban J connectivity index is 1.85. The minimum atomic E-state index is 0.770. The first-order chi connectivity index (χ1) is 9.74. The second-order valence-corrected chi connectivity index (χ2v) is 5.63. The average Bonchev–Trinajstić information content (AvgIpc) is 2.85. The molecular formula is C16H15N3S. The highest BCUT2D eigenvalue weighted by atomic mass is 32.1. The van der Waals surface area contributed by atoms with Crippen LogP contribution in [-0.4, -0.2) is 11.2 Å². The summed E-state index contributed by atoms with van der Waals surface area (Å²) in [7, 11) is 0. The number of para-hydroxylation sites is 1. The number of anilines is 1. The van der Waals surface area contributed by atoms with Crippen LogP contribution in [-0.2, 0) is 0 Å². The van der Waals surface area contributed by atoms with Gasteiger partial charge in [0.15, 0.2) is 0 Å². The number of rotatable bonds is 3. The maximum atomic E-state index is 4.56. The van der Waals surface area contributed by atoms with Gasteiger partial charge < -0.3 is 0 Å². The Morgan fingerprint density at radius 3 is 2.80 bits per heavy atom. The quantitative estimate of drug-likeness (QED) is 0.572. The summed E-state index contributed by atoms with van der Waals surface area (Å²) < 4.78 is 0. The first-order valence-corrected chi connectivity index (χ1v) is 7.31. The highest BCUT2D eigenvalue weighted by molar-refractivity contribution is 7.11. The molecule has 0 fully saturated rings. The summed E-state index contributed by atoms with van der Waals surface area (Å²) in [6, 6.07) is 12.2. The molecule has 0 saturated carbocycles. The van der Waals surface area contributed by atoms with Crippen molar-refractivity contribution >= 4 is 34.3 Å². The number of aryl methyl sites for hydroxylation is 2. The Morgan fingerprint density at radius 2 is 2.00 bits per heavy atom. The van der Waals surface area contributed by atoms with E-state index in [4.69, 9.17) is 0 Å². The fourth-order valence-electron chi connectivity index (χ4n) is 2.08. The Kier molecular flexibility index (Phi) is 3.48. The van der Waals surface area contributed by atoms with Gasteiger partial charge in [0, 0.05) is 10.3 Å². The zero-order chi connectivity index (χ0) is 13.9. The first kappa shape index (κ1) is 12.8. The number of hydrogen-bond donors (Lipinski definition) is 1. The molecular weight excluding hydrogens is 266 g/mol. The molecule has 3 rings (SSSR count). The standard InChI is InChI=1S/C16H15N3S/c1-11-7-8-20-15(11)10-17-19-16-9-12(2)13-5-3-4-6-14(13)18-16/h3-10H,1-2H3,(H,18,19)/b17-10-. The van der Waals surface area contributed by atoms with E-state index in [1.165, 1.54) is 16.5 Å². The van der Waals surface area contributed by atoms with Gasteiger partial charge in [-0.15, -0.1) is 11.3 Å². The molecule has 2 heterocycles. The van der Waals surface area contributed by atoms with Crippen molar-refractivity contribution in [3.8, 4) is 0 Å². The van der Waals surface area contributed by atoms with Crippen molar-refractivity contribution in [2.45, 2.75) is 13.8 Å². The van der Waals surface area contributed by atoms with Crippen LogP contribution in [0.5, 0.6) is 0 Å². The normalized spacial score (nSPS) is 11.3. The molecule has 1 N–H and O–H groups in total. The zero-order valence-electron chi connectivity index (χ0n) is 11.4. The van der Waals surface area contributed by atoms with Crippen molar-refractivity contribution < 1.29 is 0 Å². The molecule has 0 aliphatic carbocycles. The van der Waals surface area contributed by atoms with E-state index in [-0.39, 0.29) is 0 Å².